The monoisotopic (exact) mass is 310 g/mol. The standard InChI is InChI=1S/C12H14N4O4S/c1-7(21(2)20)5-13-10-4-9-8(3-11(10)16(18)19)12(17)15-6-14-9/h3-4,6-7,13H,5H2,1-2H3,(H,14,15,17). The molecular weight excluding hydrogens is 296 g/mol. The number of nitro benzene ring substituents is 1. The predicted molar refractivity (Wildman–Crippen MR) is 81.0 cm³/mol. The summed E-state index contributed by atoms with van der Waals surface area (Å²) in [5.74, 6) is 0. The van der Waals surface area contributed by atoms with Crippen LogP contribution in [0.5, 0.6) is 0 Å². The summed E-state index contributed by atoms with van der Waals surface area (Å²) in [5.41, 5.74) is -0.0345. The molecule has 0 saturated heterocycles. The fourth-order valence-corrected chi connectivity index (χ4v) is 2.09. The molecule has 2 unspecified atom stereocenters. The predicted octanol–water partition coefficient (Wildman–Crippen LogP) is 1.01. The van der Waals surface area contributed by atoms with Gasteiger partial charge < -0.3 is 10.3 Å². The summed E-state index contributed by atoms with van der Waals surface area (Å²) < 4.78 is 11.3. The van der Waals surface area contributed by atoms with Gasteiger partial charge in [0.1, 0.15) is 5.69 Å². The van der Waals surface area contributed by atoms with Gasteiger partial charge in [-0.25, -0.2) is 4.98 Å². The Hall–Kier alpha value is -2.29. The molecule has 2 aromatic rings. The van der Waals surface area contributed by atoms with Crippen molar-refractivity contribution in [3.05, 3.63) is 38.9 Å². The van der Waals surface area contributed by atoms with Crippen LogP contribution in [-0.2, 0) is 10.8 Å². The van der Waals surface area contributed by atoms with Crippen molar-refractivity contribution in [1.82, 2.24) is 9.97 Å². The fraction of sp³-hybridized carbons (Fsp3) is 0.333. The maximum atomic E-state index is 11.6. The molecule has 0 aliphatic heterocycles. The Balaban J connectivity index is 2.46. The van der Waals surface area contributed by atoms with E-state index in [4.69, 9.17) is 0 Å². The highest BCUT2D eigenvalue weighted by atomic mass is 32.2. The Morgan fingerprint density at radius 1 is 1.52 bits per heavy atom. The maximum Gasteiger partial charge on any atom is 0.293 e. The van der Waals surface area contributed by atoms with Crippen LogP contribution in [0.1, 0.15) is 6.92 Å². The van der Waals surface area contributed by atoms with Gasteiger partial charge in [-0.2, -0.15) is 0 Å². The highest BCUT2D eigenvalue weighted by molar-refractivity contribution is 7.84. The molecule has 2 atom stereocenters. The van der Waals surface area contributed by atoms with E-state index in [1.807, 2.05) is 0 Å². The third kappa shape index (κ3) is 3.24. The number of nitrogens with zero attached hydrogens (tertiary/aromatic N) is 2. The average Bonchev–Trinajstić information content (AvgIpc) is 2.43. The zero-order valence-corrected chi connectivity index (χ0v) is 12.3. The highest BCUT2D eigenvalue weighted by Crippen LogP contribution is 2.27. The van der Waals surface area contributed by atoms with E-state index in [1.54, 1.807) is 13.2 Å². The van der Waals surface area contributed by atoms with Crippen molar-refractivity contribution in [3.8, 4) is 0 Å². The summed E-state index contributed by atoms with van der Waals surface area (Å²) in [6.07, 6.45) is 2.81. The lowest BCUT2D eigenvalue weighted by atomic mass is 10.2. The van der Waals surface area contributed by atoms with E-state index in [-0.39, 0.29) is 22.0 Å². The Kier molecular flexibility index (Phi) is 4.32. The molecule has 8 nitrogen and oxygen atoms in total. The van der Waals surface area contributed by atoms with Crippen LogP contribution in [-0.4, -0.2) is 37.2 Å². The van der Waals surface area contributed by atoms with E-state index in [9.17, 15) is 19.1 Å². The lowest BCUT2D eigenvalue weighted by molar-refractivity contribution is -0.383. The van der Waals surface area contributed by atoms with Crippen molar-refractivity contribution < 1.29 is 9.13 Å². The first-order valence-electron chi connectivity index (χ1n) is 6.12. The molecule has 0 bridgehead atoms. The second kappa shape index (κ2) is 6.00. The van der Waals surface area contributed by atoms with E-state index in [1.165, 1.54) is 18.5 Å². The largest absolute Gasteiger partial charge is 0.378 e. The minimum Gasteiger partial charge on any atom is -0.378 e. The molecular formula is C12H14N4O4S. The maximum absolute atomic E-state index is 11.6. The molecule has 112 valence electrons. The smallest absolute Gasteiger partial charge is 0.293 e. The van der Waals surface area contributed by atoms with Crippen LogP contribution < -0.4 is 10.9 Å². The van der Waals surface area contributed by atoms with Gasteiger partial charge in [-0.1, -0.05) is 0 Å². The van der Waals surface area contributed by atoms with E-state index in [2.05, 4.69) is 15.3 Å². The van der Waals surface area contributed by atoms with E-state index >= 15 is 0 Å². The first-order valence-corrected chi connectivity index (χ1v) is 7.74. The lowest BCUT2D eigenvalue weighted by Crippen LogP contribution is -2.21. The normalized spacial score (nSPS) is 13.8. The van der Waals surface area contributed by atoms with Crippen molar-refractivity contribution in [2.45, 2.75) is 12.2 Å². The van der Waals surface area contributed by atoms with Crippen LogP contribution in [0.2, 0.25) is 0 Å². The molecule has 0 aliphatic rings. The molecule has 2 rings (SSSR count). The Bertz CT molecular complexity index is 773. The molecule has 0 spiro atoms. The third-order valence-corrected chi connectivity index (χ3v) is 4.40. The van der Waals surface area contributed by atoms with E-state index in [0.29, 0.717) is 12.1 Å². The van der Waals surface area contributed by atoms with Crippen LogP contribution in [0.15, 0.2) is 23.3 Å². The van der Waals surface area contributed by atoms with Gasteiger partial charge in [-0.05, 0) is 13.0 Å². The van der Waals surface area contributed by atoms with Crippen LogP contribution in [0.25, 0.3) is 10.9 Å². The molecule has 21 heavy (non-hydrogen) atoms. The molecule has 0 amide bonds. The number of aromatic nitrogens is 2. The van der Waals surface area contributed by atoms with Crippen molar-refractivity contribution in [2.75, 3.05) is 18.1 Å². The Morgan fingerprint density at radius 2 is 2.24 bits per heavy atom. The van der Waals surface area contributed by atoms with Gasteiger partial charge in [-0.3, -0.25) is 19.1 Å². The van der Waals surface area contributed by atoms with Crippen molar-refractivity contribution in [2.24, 2.45) is 0 Å². The number of aromatic amines is 1. The number of nitrogens with one attached hydrogen (secondary N) is 2. The molecule has 1 aromatic carbocycles. The Labute approximate surface area is 122 Å². The van der Waals surface area contributed by atoms with Crippen LogP contribution in [0, 0.1) is 10.1 Å². The summed E-state index contributed by atoms with van der Waals surface area (Å²) in [6.45, 7) is 2.09. The van der Waals surface area contributed by atoms with Gasteiger partial charge in [0, 0.05) is 34.9 Å². The third-order valence-electron chi connectivity index (χ3n) is 3.10. The van der Waals surface area contributed by atoms with Gasteiger partial charge in [0.05, 0.1) is 22.2 Å². The molecule has 0 radical (unpaired) electrons. The lowest BCUT2D eigenvalue weighted by Gasteiger charge is -2.11. The molecule has 0 saturated carbocycles. The number of hydrogen-bond donors (Lipinski definition) is 2. The number of H-pyrrole nitrogens is 1. The number of nitro groups is 1. The minimum atomic E-state index is -1.04. The Morgan fingerprint density at radius 3 is 2.86 bits per heavy atom. The first-order chi connectivity index (χ1) is 9.90. The second-order valence-corrected chi connectivity index (χ2v) is 6.37. The number of benzene rings is 1. The van der Waals surface area contributed by atoms with Gasteiger partial charge in [0.2, 0.25) is 0 Å². The molecule has 2 N–H and O–H groups in total. The first kappa shape index (κ1) is 15.1. The molecule has 0 aliphatic carbocycles. The fourth-order valence-electron chi connectivity index (χ4n) is 1.77. The van der Waals surface area contributed by atoms with Crippen LogP contribution >= 0.6 is 0 Å². The van der Waals surface area contributed by atoms with Gasteiger partial charge in [-0.15, -0.1) is 0 Å². The van der Waals surface area contributed by atoms with E-state index < -0.39 is 21.3 Å². The minimum absolute atomic E-state index is 0.155. The molecule has 0 fully saturated rings. The van der Waals surface area contributed by atoms with E-state index in [0.717, 1.165) is 0 Å². The zero-order chi connectivity index (χ0) is 15.6. The second-order valence-electron chi connectivity index (χ2n) is 4.57. The molecule has 9 heteroatoms. The van der Waals surface area contributed by atoms with Crippen LogP contribution in [0.3, 0.4) is 0 Å². The quantitative estimate of drug-likeness (QED) is 0.628. The summed E-state index contributed by atoms with van der Waals surface area (Å²) in [7, 11) is -1.04. The van der Waals surface area contributed by atoms with Gasteiger partial charge in [0.25, 0.3) is 11.2 Å². The number of rotatable bonds is 5. The van der Waals surface area contributed by atoms with Gasteiger partial charge >= 0.3 is 0 Å². The topological polar surface area (TPSA) is 118 Å². The van der Waals surface area contributed by atoms with Crippen LogP contribution in [0.4, 0.5) is 11.4 Å². The number of fused-ring (bicyclic) bond motifs is 1. The van der Waals surface area contributed by atoms with Gasteiger partial charge in [0.15, 0.2) is 0 Å². The average molecular weight is 310 g/mol. The SMILES string of the molecule is CC(CNc1cc2nc[nH]c(=O)c2cc1[N+](=O)[O-])S(C)=O. The summed E-state index contributed by atoms with van der Waals surface area (Å²) in [5, 5.41) is 14.0. The molecule has 1 heterocycles. The van der Waals surface area contributed by atoms with Crippen molar-refractivity contribution >= 4 is 33.1 Å². The van der Waals surface area contributed by atoms with Crippen molar-refractivity contribution in [3.63, 3.8) is 0 Å². The summed E-state index contributed by atoms with van der Waals surface area (Å²) in [6, 6.07) is 2.64. The number of anilines is 1. The number of hydrogen-bond acceptors (Lipinski definition) is 6. The van der Waals surface area contributed by atoms with Crippen molar-refractivity contribution in [1.29, 1.82) is 0 Å². The highest BCUT2D eigenvalue weighted by Gasteiger charge is 2.18. The summed E-state index contributed by atoms with van der Waals surface area (Å²) in [4.78, 5) is 28.6. The summed E-state index contributed by atoms with van der Waals surface area (Å²) >= 11 is 0. The zero-order valence-electron chi connectivity index (χ0n) is 11.5. The molecule has 1 aromatic heterocycles.